The minimum atomic E-state index is -0.135. The summed E-state index contributed by atoms with van der Waals surface area (Å²) in [6.45, 7) is 0.483. The number of amides is 1. The number of benzene rings is 3. The second-order valence-corrected chi connectivity index (χ2v) is 7.76. The largest absolute Gasteiger partial charge is 0.457 e. The molecule has 1 aromatic heterocycles. The monoisotopic (exact) mass is 409 g/mol. The Labute approximate surface area is 181 Å². The van der Waals surface area contributed by atoms with E-state index in [0.717, 1.165) is 22.2 Å². The van der Waals surface area contributed by atoms with E-state index in [1.807, 2.05) is 60.7 Å². The molecule has 0 atom stereocenters. The second kappa shape index (κ2) is 8.48. The van der Waals surface area contributed by atoms with Gasteiger partial charge in [0.2, 0.25) is 0 Å². The van der Waals surface area contributed by atoms with Crippen molar-refractivity contribution in [2.45, 2.75) is 25.4 Å². The third-order valence-electron chi connectivity index (χ3n) is 5.27. The van der Waals surface area contributed by atoms with Crippen LogP contribution < -0.4 is 15.4 Å². The zero-order valence-electron chi connectivity index (χ0n) is 17.0. The van der Waals surface area contributed by atoms with Crippen LogP contribution in [0.15, 0.2) is 85.1 Å². The van der Waals surface area contributed by atoms with Gasteiger partial charge in [0, 0.05) is 35.4 Å². The van der Waals surface area contributed by atoms with Crippen LogP contribution in [0.3, 0.4) is 0 Å². The fourth-order valence-electron chi connectivity index (χ4n) is 3.47. The first-order chi connectivity index (χ1) is 15.2. The summed E-state index contributed by atoms with van der Waals surface area (Å²) in [6.07, 6.45) is 4.20. The van der Waals surface area contributed by atoms with E-state index in [4.69, 9.17) is 4.74 Å². The van der Waals surface area contributed by atoms with E-state index in [1.54, 1.807) is 18.3 Å². The van der Waals surface area contributed by atoms with Crippen LogP contribution in [-0.2, 0) is 6.54 Å². The minimum Gasteiger partial charge on any atom is -0.457 e. The first-order valence-corrected chi connectivity index (χ1v) is 10.5. The summed E-state index contributed by atoms with van der Waals surface area (Å²) in [4.78, 5) is 17.1. The highest BCUT2D eigenvalue weighted by molar-refractivity contribution is 5.94. The number of ether oxygens (including phenoxy) is 1. The first-order valence-electron chi connectivity index (χ1n) is 10.5. The Balaban J connectivity index is 1.32. The number of hydrogen-bond acceptors (Lipinski definition) is 4. The first kappa shape index (κ1) is 19.1. The molecule has 31 heavy (non-hydrogen) atoms. The lowest BCUT2D eigenvalue weighted by Crippen LogP contribution is -2.22. The maximum Gasteiger partial charge on any atom is 0.251 e. The maximum atomic E-state index is 12.6. The number of anilines is 1. The van der Waals surface area contributed by atoms with Crippen LogP contribution in [0.4, 0.5) is 5.69 Å². The number of nitrogens with one attached hydrogen (secondary N) is 2. The molecule has 0 spiro atoms. The lowest BCUT2D eigenvalue weighted by Gasteiger charge is -2.11. The smallest absolute Gasteiger partial charge is 0.251 e. The van der Waals surface area contributed by atoms with E-state index in [1.165, 1.54) is 12.8 Å². The van der Waals surface area contributed by atoms with Crippen LogP contribution in [0.2, 0.25) is 0 Å². The molecule has 1 amide bonds. The topological polar surface area (TPSA) is 63.2 Å². The Morgan fingerprint density at radius 1 is 0.968 bits per heavy atom. The van der Waals surface area contributed by atoms with Crippen molar-refractivity contribution in [2.24, 2.45) is 0 Å². The molecule has 1 saturated carbocycles. The number of rotatable bonds is 7. The Hall–Kier alpha value is -3.86. The minimum absolute atomic E-state index is 0.135. The molecule has 154 valence electrons. The molecule has 5 heteroatoms. The summed E-state index contributed by atoms with van der Waals surface area (Å²) in [6, 6.07) is 25.6. The Morgan fingerprint density at radius 2 is 1.84 bits per heavy atom. The van der Waals surface area contributed by atoms with Crippen LogP contribution in [-0.4, -0.2) is 16.9 Å². The third kappa shape index (κ3) is 4.67. The van der Waals surface area contributed by atoms with Crippen LogP contribution in [0.5, 0.6) is 11.5 Å². The van der Waals surface area contributed by atoms with E-state index in [2.05, 4.69) is 21.7 Å². The zero-order valence-corrected chi connectivity index (χ0v) is 17.0. The maximum absolute atomic E-state index is 12.6. The van der Waals surface area contributed by atoms with Gasteiger partial charge in [0.25, 0.3) is 5.91 Å². The lowest BCUT2D eigenvalue weighted by molar-refractivity contribution is 0.0950. The average molecular weight is 409 g/mol. The molecule has 1 aliphatic rings. The number of pyridine rings is 1. The Bertz CT molecular complexity index is 1220. The summed E-state index contributed by atoms with van der Waals surface area (Å²) in [7, 11) is 0. The number of carbonyl (C=O) groups is 1. The summed E-state index contributed by atoms with van der Waals surface area (Å²) >= 11 is 0. The summed E-state index contributed by atoms with van der Waals surface area (Å²) in [5.74, 6) is 1.19. The Morgan fingerprint density at radius 3 is 2.68 bits per heavy atom. The standard InChI is InChI=1S/C26H23N3O2/c30-26(28-17-18-5-2-1-3-6-18)19-7-4-8-22(15-19)31-25-13-14-27-24-16-21(11-12-23(24)25)29-20-9-10-20/h1-8,11-16,20,29H,9-10,17H2,(H,28,30). The fraction of sp³-hybridized carbons (Fsp3) is 0.154. The number of aromatic nitrogens is 1. The van der Waals surface area contributed by atoms with Gasteiger partial charge >= 0.3 is 0 Å². The van der Waals surface area contributed by atoms with Gasteiger partial charge in [-0.15, -0.1) is 0 Å². The number of fused-ring (bicyclic) bond motifs is 1. The van der Waals surface area contributed by atoms with Crippen molar-refractivity contribution in [3.63, 3.8) is 0 Å². The molecule has 1 fully saturated rings. The zero-order chi connectivity index (χ0) is 21.0. The van der Waals surface area contributed by atoms with Crippen LogP contribution >= 0.6 is 0 Å². The van der Waals surface area contributed by atoms with Crippen molar-refractivity contribution >= 4 is 22.5 Å². The van der Waals surface area contributed by atoms with Gasteiger partial charge in [-0.3, -0.25) is 9.78 Å². The van der Waals surface area contributed by atoms with Crippen molar-refractivity contribution in [1.29, 1.82) is 0 Å². The van der Waals surface area contributed by atoms with E-state index in [-0.39, 0.29) is 5.91 Å². The lowest BCUT2D eigenvalue weighted by atomic mass is 10.1. The second-order valence-electron chi connectivity index (χ2n) is 7.76. The molecule has 5 nitrogen and oxygen atoms in total. The predicted octanol–water partition coefficient (Wildman–Crippen LogP) is 5.53. The normalized spacial score (nSPS) is 13.0. The predicted molar refractivity (Wildman–Crippen MR) is 123 cm³/mol. The average Bonchev–Trinajstić information content (AvgIpc) is 3.62. The molecule has 5 rings (SSSR count). The van der Waals surface area contributed by atoms with Crippen molar-refractivity contribution in [2.75, 3.05) is 5.32 Å². The number of carbonyl (C=O) groups excluding carboxylic acids is 1. The number of nitrogens with zero attached hydrogens (tertiary/aromatic N) is 1. The summed E-state index contributed by atoms with van der Waals surface area (Å²) < 4.78 is 6.14. The van der Waals surface area contributed by atoms with Gasteiger partial charge in [-0.05, 0) is 60.9 Å². The summed E-state index contributed by atoms with van der Waals surface area (Å²) in [5.41, 5.74) is 3.57. The van der Waals surface area contributed by atoms with Crippen LogP contribution in [0.1, 0.15) is 28.8 Å². The van der Waals surface area contributed by atoms with E-state index < -0.39 is 0 Å². The summed E-state index contributed by atoms with van der Waals surface area (Å²) in [5, 5.41) is 7.38. The Kier molecular flexibility index (Phi) is 5.23. The molecule has 0 bridgehead atoms. The van der Waals surface area contributed by atoms with Crippen LogP contribution in [0.25, 0.3) is 10.9 Å². The quantitative estimate of drug-likeness (QED) is 0.421. The highest BCUT2D eigenvalue weighted by Crippen LogP contribution is 2.32. The molecule has 0 aliphatic heterocycles. The van der Waals surface area contributed by atoms with Crippen molar-refractivity contribution in [3.8, 4) is 11.5 Å². The van der Waals surface area contributed by atoms with E-state index in [0.29, 0.717) is 29.6 Å². The molecule has 0 unspecified atom stereocenters. The molecular formula is C26H23N3O2. The molecular weight excluding hydrogens is 386 g/mol. The van der Waals surface area contributed by atoms with Gasteiger partial charge in [-0.2, -0.15) is 0 Å². The molecule has 1 heterocycles. The van der Waals surface area contributed by atoms with Gasteiger partial charge in [-0.1, -0.05) is 36.4 Å². The molecule has 3 aromatic carbocycles. The molecule has 0 radical (unpaired) electrons. The number of hydrogen-bond donors (Lipinski definition) is 2. The van der Waals surface area contributed by atoms with Crippen molar-refractivity contribution in [1.82, 2.24) is 10.3 Å². The van der Waals surface area contributed by atoms with Gasteiger partial charge in [0.1, 0.15) is 11.5 Å². The molecule has 0 saturated heterocycles. The van der Waals surface area contributed by atoms with Gasteiger partial charge < -0.3 is 15.4 Å². The van der Waals surface area contributed by atoms with E-state index in [9.17, 15) is 4.79 Å². The molecule has 4 aromatic rings. The van der Waals surface area contributed by atoms with Crippen molar-refractivity contribution in [3.05, 3.63) is 96.2 Å². The highest BCUT2D eigenvalue weighted by Gasteiger charge is 2.20. The van der Waals surface area contributed by atoms with Gasteiger partial charge in [-0.25, -0.2) is 0 Å². The third-order valence-corrected chi connectivity index (χ3v) is 5.27. The van der Waals surface area contributed by atoms with Gasteiger partial charge in [0.15, 0.2) is 0 Å². The van der Waals surface area contributed by atoms with Crippen LogP contribution in [0, 0.1) is 0 Å². The SMILES string of the molecule is O=C(NCc1ccccc1)c1cccc(Oc2ccnc3cc(NC4CC4)ccc23)c1. The van der Waals surface area contributed by atoms with Gasteiger partial charge in [0.05, 0.1) is 5.52 Å². The molecule has 1 aliphatic carbocycles. The highest BCUT2D eigenvalue weighted by atomic mass is 16.5. The molecule has 2 N–H and O–H groups in total. The van der Waals surface area contributed by atoms with E-state index >= 15 is 0 Å². The van der Waals surface area contributed by atoms with Crippen molar-refractivity contribution < 1.29 is 9.53 Å². The fourth-order valence-corrected chi connectivity index (χ4v) is 3.47.